The van der Waals surface area contributed by atoms with Crippen LogP contribution < -0.4 is 14.2 Å². The molecular weight excluding hydrogens is 344 g/mol. The second-order valence-electron chi connectivity index (χ2n) is 5.72. The molecule has 0 bridgehead atoms. The lowest BCUT2D eigenvalue weighted by Crippen LogP contribution is -2.26. The summed E-state index contributed by atoms with van der Waals surface area (Å²) >= 11 is 0. The van der Waals surface area contributed by atoms with E-state index in [4.69, 9.17) is 9.47 Å². The topological polar surface area (TPSA) is 48.0 Å². The monoisotopic (exact) mass is 365 g/mol. The van der Waals surface area contributed by atoms with Gasteiger partial charge >= 0.3 is 6.61 Å². The Labute approximate surface area is 151 Å². The van der Waals surface area contributed by atoms with Gasteiger partial charge in [-0.05, 0) is 31.2 Å². The highest BCUT2D eigenvalue weighted by Crippen LogP contribution is 2.30. The molecule has 0 aliphatic carbocycles. The summed E-state index contributed by atoms with van der Waals surface area (Å²) < 4.78 is 39.8. The first-order valence-corrected chi connectivity index (χ1v) is 7.87. The summed E-state index contributed by atoms with van der Waals surface area (Å²) in [6, 6.07) is 9.86. The molecule has 2 aromatic carbocycles. The quantitative estimate of drug-likeness (QED) is 0.747. The van der Waals surface area contributed by atoms with E-state index >= 15 is 0 Å². The number of carbonyl (C=O) groups is 1. The van der Waals surface area contributed by atoms with E-state index < -0.39 is 6.61 Å². The van der Waals surface area contributed by atoms with Crippen molar-refractivity contribution in [2.75, 3.05) is 21.3 Å². The molecule has 26 heavy (non-hydrogen) atoms. The number of rotatable bonds is 7. The zero-order chi connectivity index (χ0) is 19.3. The average Bonchev–Trinajstić information content (AvgIpc) is 2.60. The van der Waals surface area contributed by atoms with E-state index in [1.54, 1.807) is 14.2 Å². The Morgan fingerprint density at radius 2 is 1.69 bits per heavy atom. The summed E-state index contributed by atoms with van der Waals surface area (Å²) in [6.45, 7) is -0.758. The van der Waals surface area contributed by atoms with Crippen molar-refractivity contribution in [2.24, 2.45) is 0 Å². The fraction of sp³-hybridized carbons (Fsp3) is 0.316. The van der Waals surface area contributed by atoms with Crippen molar-refractivity contribution in [2.45, 2.75) is 20.1 Å². The minimum atomic E-state index is -3.01. The first kappa shape index (κ1) is 19.5. The van der Waals surface area contributed by atoms with Gasteiger partial charge in [-0.3, -0.25) is 4.79 Å². The van der Waals surface area contributed by atoms with Crippen molar-refractivity contribution in [3.8, 4) is 17.2 Å². The van der Waals surface area contributed by atoms with Gasteiger partial charge in [0.1, 0.15) is 5.75 Å². The van der Waals surface area contributed by atoms with Gasteiger partial charge in [-0.15, -0.1) is 0 Å². The van der Waals surface area contributed by atoms with Gasteiger partial charge in [0.15, 0.2) is 11.5 Å². The first-order valence-electron chi connectivity index (χ1n) is 7.87. The van der Waals surface area contributed by atoms with E-state index in [1.807, 2.05) is 25.1 Å². The molecule has 2 aromatic rings. The highest BCUT2D eigenvalue weighted by molar-refractivity contribution is 5.94. The Balaban J connectivity index is 2.24. The molecule has 140 valence electrons. The van der Waals surface area contributed by atoms with Crippen LogP contribution >= 0.6 is 0 Å². The first-order chi connectivity index (χ1) is 12.3. The van der Waals surface area contributed by atoms with Crippen LogP contribution in [0, 0.1) is 6.92 Å². The van der Waals surface area contributed by atoms with Crippen LogP contribution in [0.3, 0.4) is 0 Å². The van der Waals surface area contributed by atoms with Crippen molar-refractivity contribution in [1.29, 1.82) is 0 Å². The molecule has 0 unspecified atom stereocenters. The van der Waals surface area contributed by atoms with Crippen molar-refractivity contribution in [1.82, 2.24) is 4.90 Å². The number of hydrogen-bond acceptors (Lipinski definition) is 4. The lowest BCUT2D eigenvalue weighted by molar-refractivity contribution is -0.0512. The Morgan fingerprint density at radius 3 is 2.31 bits per heavy atom. The van der Waals surface area contributed by atoms with Crippen LogP contribution in [0.25, 0.3) is 0 Å². The number of benzene rings is 2. The lowest BCUT2D eigenvalue weighted by atomic mass is 10.1. The van der Waals surface area contributed by atoms with E-state index in [0.29, 0.717) is 12.3 Å². The molecule has 0 heterocycles. The second kappa shape index (κ2) is 8.51. The van der Waals surface area contributed by atoms with Gasteiger partial charge in [-0.2, -0.15) is 8.78 Å². The Bertz CT molecular complexity index is 780. The standard InChI is InChI=1S/C19H21F2NO4/c1-12-5-7-15(24-3)14(9-12)11-22(2)18(23)13-6-8-16(25-4)17(10-13)26-19(20)21/h5-10,19H,11H2,1-4H3. The summed E-state index contributed by atoms with van der Waals surface area (Å²) in [5.41, 5.74) is 2.11. The minimum Gasteiger partial charge on any atom is -0.496 e. The van der Waals surface area contributed by atoms with Gasteiger partial charge in [0, 0.05) is 24.7 Å². The summed E-state index contributed by atoms with van der Waals surface area (Å²) in [6.07, 6.45) is 0. The van der Waals surface area contributed by atoms with Crippen LogP contribution in [-0.4, -0.2) is 38.7 Å². The molecule has 0 fully saturated rings. The van der Waals surface area contributed by atoms with Crippen LogP contribution in [0.1, 0.15) is 21.5 Å². The van der Waals surface area contributed by atoms with Gasteiger partial charge in [0.2, 0.25) is 0 Å². The molecule has 0 atom stereocenters. The maximum absolute atomic E-state index is 12.7. The highest BCUT2D eigenvalue weighted by Gasteiger charge is 2.18. The third kappa shape index (κ3) is 4.62. The average molecular weight is 365 g/mol. The fourth-order valence-corrected chi connectivity index (χ4v) is 2.58. The zero-order valence-electron chi connectivity index (χ0n) is 15.1. The maximum Gasteiger partial charge on any atom is 0.387 e. The lowest BCUT2D eigenvalue weighted by Gasteiger charge is -2.20. The Morgan fingerprint density at radius 1 is 1.04 bits per heavy atom. The van der Waals surface area contributed by atoms with E-state index in [2.05, 4.69) is 4.74 Å². The second-order valence-corrected chi connectivity index (χ2v) is 5.72. The van der Waals surface area contributed by atoms with Crippen LogP contribution in [0.15, 0.2) is 36.4 Å². The number of amides is 1. The number of methoxy groups -OCH3 is 2. The van der Waals surface area contributed by atoms with E-state index in [9.17, 15) is 13.6 Å². The van der Waals surface area contributed by atoms with Crippen molar-refractivity contribution in [3.05, 3.63) is 53.1 Å². The predicted molar refractivity (Wildman–Crippen MR) is 93.2 cm³/mol. The number of halogens is 2. The van der Waals surface area contributed by atoms with Gasteiger partial charge in [0.25, 0.3) is 5.91 Å². The van der Waals surface area contributed by atoms with Gasteiger partial charge < -0.3 is 19.1 Å². The molecule has 0 aromatic heterocycles. The largest absolute Gasteiger partial charge is 0.496 e. The summed E-state index contributed by atoms with van der Waals surface area (Å²) in [5.74, 6) is 0.279. The molecule has 0 saturated carbocycles. The molecule has 1 amide bonds. The van der Waals surface area contributed by atoms with Crippen molar-refractivity contribution < 1.29 is 27.8 Å². The number of alkyl halides is 2. The molecule has 0 saturated heterocycles. The molecule has 0 N–H and O–H groups in total. The maximum atomic E-state index is 12.7. The molecule has 2 rings (SSSR count). The summed E-state index contributed by atoms with van der Waals surface area (Å²) in [4.78, 5) is 14.1. The van der Waals surface area contributed by atoms with Crippen molar-refractivity contribution in [3.63, 3.8) is 0 Å². The zero-order valence-corrected chi connectivity index (χ0v) is 15.1. The van der Waals surface area contributed by atoms with Crippen LogP contribution in [0.2, 0.25) is 0 Å². The molecular formula is C19H21F2NO4. The van der Waals surface area contributed by atoms with Crippen LogP contribution in [0.5, 0.6) is 17.2 Å². The molecule has 7 heteroatoms. The highest BCUT2D eigenvalue weighted by atomic mass is 19.3. The van der Waals surface area contributed by atoms with E-state index in [-0.39, 0.29) is 23.0 Å². The summed E-state index contributed by atoms with van der Waals surface area (Å²) in [5, 5.41) is 0. The normalized spacial score (nSPS) is 10.6. The smallest absolute Gasteiger partial charge is 0.387 e. The number of ether oxygens (including phenoxy) is 3. The molecule has 0 spiro atoms. The molecule has 0 radical (unpaired) electrons. The fourth-order valence-electron chi connectivity index (χ4n) is 2.58. The van der Waals surface area contributed by atoms with Gasteiger partial charge in [-0.1, -0.05) is 17.7 Å². The third-order valence-corrected chi connectivity index (χ3v) is 3.82. The predicted octanol–water partition coefficient (Wildman–Crippen LogP) is 3.89. The third-order valence-electron chi connectivity index (χ3n) is 3.82. The van der Waals surface area contributed by atoms with Crippen molar-refractivity contribution >= 4 is 5.91 Å². The molecule has 0 aliphatic heterocycles. The van der Waals surface area contributed by atoms with E-state index in [1.165, 1.54) is 30.2 Å². The number of hydrogen-bond donors (Lipinski definition) is 0. The number of nitrogens with zero attached hydrogens (tertiary/aromatic N) is 1. The molecule has 5 nitrogen and oxygen atoms in total. The summed E-state index contributed by atoms with van der Waals surface area (Å²) in [7, 11) is 4.53. The van der Waals surface area contributed by atoms with Crippen LogP contribution in [0.4, 0.5) is 8.78 Å². The van der Waals surface area contributed by atoms with Crippen LogP contribution in [-0.2, 0) is 6.54 Å². The number of carbonyl (C=O) groups excluding carboxylic acids is 1. The Kier molecular flexibility index (Phi) is 6.38. The van der Waals surface area contributed by atoms with Gasteiger partial charge in [-0.25, -0.2) is 0 Å². The van der Waals surface area contributed by atoms with Gasteiger partial charge in [0.05, 0.1) is 14.2 Å². The molecule has 0 aliphatic rings. The SMILES string of the molecule is COc1ccc(C)cc1CN(C)C(=O)c1ccc(OC)c(OC(F)F)c1. The van der Waals surface area contributed by atoms with E-state index in [0.717, 1.165) is 11.1 Å². The minimum absolute atomic E-state index is 0.129. The Hall–Kier alpha value is -2.83. The number of aryl methyl sites for hydroxylation is 1.